The third-order valence-corrected chi connectivity index (χ3v) is 4.84. The molecule has 2 aliphatic heterocycles. The van der Waals surface area contributed by atoms with Crippen LogP contribution in [0, 0.1) is 5.92 Å². The zero-order valence-electron chi connectivity index (χ0n) is 14.8. The van der Waals surface area contributed by atoms with Crippen LogP contribution in [0.3, 0.4) is 0 Å². The van der Waals surface area contributed by atoms with Crippen LogP contribution < -0.4 is 10.2 Å². The number of anilines is 1. The lowest BCUT2D eigenvalue weighted by Gasteiger charge is -2.33. The molecule has 1 aromatic carbocycles. The molecule has 0 aromatic heterocycles. The van der Waals surface area contributed by atoms with E-state index in [-0.39, 0.29) is 12.5 Å². The van der Waals surface area contributed by atoms with Crippen LogP contribution in [0.15, 0.2) is 29.3 Å². The Labute approximate surface area is 144 Å². The first-order chi connectivity index (χ1) is 11.7. The molecule has 1 saturated heterocycles. The summed E-state index contributed by atoms with van der Waals surface area (Å²) < 4.78 is 0. The number of amides is 1. The fourth-order valence-electron chi connectivity index (χ4n) is 3.63. The number of hydrogen-bond acceptors (Lipinski definition) is 2. The molecule has 5 heteroatoms. The van der Waals surface area contributed by atoms with E-state index in [2.05, 4.69) is 35.1 Å². The number of nitrogens with zero attached hydrogens (tertiary/aromatic N) is 3. The van der Waals surface area contributed by atoms with Crippen LogP contribution in [0.4, 0.5) is 5.69 Å². The van der Waals surface area contributed by atoms with Gasteiger partial charge < -0.3 is 15.1 Å². The number of fused-ring (bicyclic) bond motifs is 1. The molecule has 0 radical (unpaired) electrons. The second-order valence-corrected chi connectivity index (χ2v) is 6.79. The molecule has 5 nitrogen and oxygen atoms in total. The number of benzene rings is 1. The Morgan fingerprint density at radius 2 is 2.17 bits per heavy atom. The number of carbonyl (C=O) groups excluding carboxylic acids is 1. The summed E-state index contributed by atoms with van der Waals surface area (Å²) in [6.45, 7) is 8.20. The second kappa shape index (κ2) is 7.69. The highest BCUT2D eigenvalue weighted by atomic mass is 16.2. The van der Waals surface area contributed by atoms with Crippen molar-refractivity contribution in [3.63, 3.8) is 0 Å². The smallest absolute Gasteiger partial charge is 0.248 e. The van der Waals surface area contributed by atoms with E-state index in [1.807, 2.05) is 23.1 Å². The average molecular weight is 328 g/mol. The summed E-state index contributed by atoms with van der Waals surface area (Å²) in [5.74, 6) is 1.65. The lowest BCUT2D eigenvalue weighted by Crippen LogP contribution is -2.46. The van der Waals surface area contributed by atoms with Crippen molar-refractivity contribution in [1.82, 2.24) is 10.2 Å². The maximum Gasteiger partial charge on any atom is 0.248 e. The molecule has 1 atom stereocenters. The van der Waals surface area contributed by atoms with Gasteiger partial charge in [0.25, 0.3) is 0 Å². The minimum absolute atomic E-state index is 0.0837. The predicted molar refractivity (Wildman–Crippen MR) is 98.4 cm³/mol. The van der Waals surface area contributed by atoms with Gasteiger partial charge in [-0.25, -0.2) is 4.99 Å². The fourth-order valence-corrected chi connectivity index (χ4v) is 3.63. The number of rotatable bonds is 3. The number of guanidine groups is 1. The minimum Gasteiger partial charge on any atom is -0.357 e. The molecular weight excluding hydrogens is 300 g/mol. The van der Waals surface area contributed by atoms with Gasteiger partial charge in [0.15, 0.2) is 5.96 Å². The van der Waals surface area contributed by atoms with Gasteiger partial charge in [-0.1, -0.05) is 25.1 Å². The maximum atomic E-state index is 12.6. The van der Waals surface area contributed by atoms with Crippen LogP contribution in [-0.4, -0.2) is 49.5 Å². The zero-order chi connectivity index (χ0) is 16.9. The Kier molecular flexibility index (Phi) is 5.38. The second-order valence-electron chi connectivity index (χ2n) is 6.79. The van der Waals surface area contributed by atoms with E-state index >= 15 is 0 Å². The predicted octanol–water partition coefficient (Wildman–Crippen LogP) is 2.27. The highest BCUT2D eigenvalue weighted by Gasteiger charge is 2.24. The van der Waals surface area contributed by atoms with Crippen molar-refractivity contribution in [2.45, 2.75) is 33.1 Å². The highest BCUT2D eigenvalue weighted by molar-refractivity contribution is 5.98. The van der Waals surface area contributed by atoms with Gasteiger partial charge in [-0.15, -0.1) is 0 Å². The number of para-hydroxylation sites is 1. The van der Waals surface area contributed by atoms with E-state index in [1.54, 1.807) is 0 Å². The molecule has 130 valence electrons. The van der Waals surface area contributed by atoms with Crippen LogP contribution in [-0.2, 0) is 11.2 Å². The lowest BCUT2D eigenvalue weighted by atomic mass is 10.0. The molecule has 3 rings (SSSR count). The molecule has 0 saturated carbocycles. The number of carbonyl (C=O) groups is 1. The van der Waals surface area contributed by atoms with Crippen LogP contribution in [0.25, 0.3) is 0 Å². The quantitative estimate of drug-likeness (QED) is 0.684. The van der Waals surface area contributed by atoms with E-state index < -0.39 is 0 Å². The van der Waals surface area contributed by atoms with E-state index in [0.29, 0.717) is 5.92 Å². The Hall–Kier alpha value is -2.04. The Morgan fingerprint density at radius 3 is 2.96 bits per heavy atom. The van der Waals surface area contributed by atoms with Gasteiger partial charge in [0.05, 0.1) is 0 Å². The van der Waals surface area contributed by atoms with E-state index in [4.69, 9.17) is 0 Å². The summed E-state index contributed by atoms with van der Waals surface area (Å²) in [6.07, 6.45) is 3.41. The molecule has 1 unspecified atom stereocenters. The van der Waals surface area contributed by atoms with Crippen molar-refractivity contribution in [3.8, 4) is 0 Å². The molecule has 1 aromatic rings. The first-order valence-electron chi connectivity index (χ1n) is 9.10. The molecule has 2 heterocycles. The lowest BCUT2D eigenvalue weighted by molar-refractivity contribution is -0.117. The van der Waals surface area contributed by atoms with Gasteiger partial charge >= 0.3 is 0 Å². The van der Waals surface area contributed by atoms with Crippen LogP contribution >= 0.6 is 0 Å². The number of hydrogen-bond donors (Lipinski definition) is 1. The summed E-state index contributed by atoms with van der Waals surface area (Å²) in [4.78, 5) is 21.4. The monoisotopic (exact) mass is 328 g/mol. The molecule has 1 N–H and O–H groups in total. The SMILES string of the molecule is CCNC(=NCC(=O)N1CCc2ccccc21)N1CCCC(C)C1. The molecule has 1 fully saturated rings. The number of piperidine rings is 1. The maximum absolute atomic E-state index is 12.6. The van der Waals surface area contributed by atoms with E-state index in [0.717, 1.165) is 44.2 Å². The molecule has 24 heavy (non-hydrogen) atoms. The molecular formula is C19H28N4O. The van der Waals surface area contributed by atoms with Gasteiger partial charge in [0, 0.05) is 31.9 Å². The van der Waals surface area contributed by atoms with Gasteiger partial charge in [-0.05, 0) is 43.7 Å². The Balaban J connectivity index is 1.67. The standard InChI is InChI=1S/C19H28N4O/c1-3-20-19(22-11-6-7-15(2)14-22)21-13-18(24)23-12-10-16-8-4-5-9-17(16)23/h4-5,8-9,15H,3,6-7,10-14H2,1-2H3,(H,20,21). The zero-order valence-corrected chi connectivity index (χ0v) is 14.8. The van der Waals surface area contributed by atoms with Gasteiger partial charge in [-0.3, -0.25) is 4.79 Å². The first kappa shape index (κ1) is 16.8. The summed E-state index contributed by atoms with van der Waals surface area (Å²) >= 11 is 0. The Bertz CT molecular complexity index is 613. The van der Waals surface area contributed by atoms with E-state index in [9.17, 15) is 4.79 Å². The third-order valence-electron chi connectivity index (χ3n) is 4.84. The first-order valence-corrected chi connectivity index (χ1v) is 9.10. The average Bonchev–Trinajstić information content (AvgIpc) is 3.02. The van der Waals surface area contributed by atoms with Crippen molar-refractivity contribution in [1.29, 1.82) is 0 Å². The summed E-state index contributed by atoms with van der Waals surface area (Å²) in [5, 5.41) is 3.34. The summed E-state index contributed by atoms with van der Waals surface area (Å²) in [5.41, 5.74) is 2.31. The van der Waals surface area contributed by atoms with Crippen molar-refractivity contribution < 1.29 is 4.79 Å². The van der Waals surface area contributed by atoms with Crippen molar-refractivity contribution in [3.05, 3.63) is 29.8 Å². The molecule has 1 amide bonds. The van der Waals surface area contributed by atoms with Gasteiger partial charge in [0.2, 0.25) is 5.91 Å². The topological polar surface area (TPSA) is 47.9 Å². The molecule has 0 spiro atoms. The molecule has 0 bridgehead atoms. The van der Waals surface area contributed by atoms with Crippen LogP contribution in [0.5, 0.6) is 0 Å². The van der Waals surface area contributed by atoms with Crippen LogP contribution in [0.1, 0.15) is 32.3 Å². The fraction of sp³-hybridized carbons (Fsp3) is 0.579. The normalized spacial score (nSPS) is 20.9. The molecule has 2 aliphatic rings. The van der Waals surface area contributed by atoms with Crippen LogP contribution in [0.2, 0.25) is 0 Å². The van der Waals surface area contributed by atoms with Gasteiger partial charge in [0.1, 0.15) is 6.54 Å². The Morgan fingerprint density at radius 1 is 1.33 bits per heavy atom. The van der Waals surface area contributed by atoms with Crippen molar-refractivity contribution in [2.75, 3.05) is 37.6 Å². The van der Waals surface area contributed by atoms with Crippen molar-refractivity contribution >= 4 is 17.6 Å². The summed E-state index contributed by atoms with van der Waals surface area (Å²) in [6, 6.07) is 8.16. The largest absolute Gasteiger partial charge is 0.357 e. The number of likely N-dealkylation sites (tertiary alicyclic amines) is 1. The minimum atomic E-state index is 0.0837. The van der Waals surface area contributed by atoms with E-state index in [1.165, 1.54) is 18.4 Å². The summed E-state index contributed by atoms with van der Waals surface area (Å²) in [7, 11) is 0. The number of aliphatic imine (C=N–C) groups is 1. The third kappa shape index (κ3) is 3.71. The highest BCUT2D eigenvalue weighted by Crippen LogP contribution is 2.27. The number of nitrogens with one attached hydrogen (secondary N) is 1. The van der Waals surface area contributed by atoms with Crippen molar-refractivity contribution in [2.24, 2.45) is 10.9 Å². The van der Waals surface area contributed by atoms with Gasteiger partial charge in [-0.2, -0.15) is 0 Å². The molecule has 0 aliphatic carbocycles.